The first-order valence-electron chi connectivity index (χ1n) is 5.61. The lowest BCUT2D eigenvalue weighted by molar-refractivity contribution is 0.280. The Bertz CT molecular complexity index is 570. The summed E-state index contributed by atoms with van der Waals surface area (Å²) >= 11 is 3.41. The minimum atomic E-state index is -0.00355. The summed E-state index contributed by atoms with van der Waals surface area (Å²) in [6, 6.07) is 9.41. The van der Waals surface area contributed by atoms with Gasteiger partial charge in [0.25, 0.3) is 0 Å². The summed E-state index contributed by atoms with van der Waals surface area (Å²) in [5.74, 6) is 1.32. The Hall–Kier alpha value is -1.39. The van der Waals surface area contributed by atoms with Crippen molar-refractivity contribution in [2.75, 3.05) is 0 Å². The van der Waals surface area contributed by atoms with Crippen molar-refractivity contribution in [2.45, 2.75) is 20.5 Å². The molecule has 0 amide bonds. The van der Waals surface area contributed by atoms with Gasteiger partial charge in [0.15, 0.2) is 0 Å². The predicted molar refractivity (Wildman–Crippen MR) is 73.8 cm³/mol. The minimum Gasteiger partial charge on any atom is -0.439 e. The summed E-state index contributed by atoms with van der Waals surface area (Å²) in [5, 5.41) is 9.09. The molecule has 0 saturated heterocycles. The lowest BCUT2D eigenvalue weighted by Crippen LogP contribution is -1.96. The quantitative estimate of drug-likeness (QED) is 0.939. The van der Waals surface area contributed by atoms with E-state index >= 15 is 0 Å². The topological polar surface area (TPSA) is 42.4 Å². The zero-order chi connectivity index (χ0) is 13.1. The molecule has 1 aromatic heterocycles. The number of pyridine rings is 1. The maximum absolute atomic E-state index is 9.09. The number of rotatable bonds is 3. The van der Waals surface area contributed by atoms with E-state index in [9.17, 15) is 0 Å². The van der Waals surface area contributed by atoms with E-state index in [4.69, 9.17) is 9.84 Å². The summed E-state index contributed by atoms with van der Waals surface area (Å²) < 4.78 is 6.75. The molecule has 0 atom stereocenters. The van der Waals surface area contributed by atoms with E-state index in [1.165, 1.54) is 0 Å². The zero-order valence-electron chi connectivity index (χ0n) is 10.3. The molecule has 1 aromatic carbocycles. The molecule has 0 fully saturated rings. The van der Waals surface area contributed by atoms with Gasteiger partial charge in [-0.15, -0.1) is 0 Å². The fourth-order valence-electron chi connectivity index (χ4n) is 1.63. The van der Waals surface area contributed by atoms with Gasteiger partial charge in [-0.05, 0) is 49.2 Å². The van der Waals surface area contributed by atoms with Crippen LogP contribution in [0.3, 0.4) is 0 Å². The van der Waals surface area contributed by atoms with Crippen molar-refractivity contribution in [3.8, 4) is 11.6 Å². The van der Waals surface area contributed by atoms with Crippen LogP contribution in [0.25, 0.3) is 0 Å². The molecule has 3 nitrogen and oxygen atoms in total. The summed E-state index contributed by atoms with van der Waals surface area (Å²) in [5.41, 5.74) is 2.63. The van der Waals surface area contributed by atoms with E-state index in [-0.39, 0.29) is 6.61 Å². The molecule has 0 radical (unpaired) electrons. The molecule has 0 aliphatic carbocycles. The third-order valence-electron chi connectivity index (χ3n) is 2.69. The molecule has 4 heteroatoms. The van der Waals surface area contributed by atoms with Gasteiger partial charge in [0.2, 0.25) is 5.88 Å². The number of aliphatic hydroxyl groups is 1. The third-order valence-corrected chi connectivity index (χ3v) is 3.18. The number of hydrogen-bond acceptors (Lipinski definition) is 3. The Labute approximate surface area is 115 Å². The van der Waals surface area contributed by atoms with E-state index in [1.807, 2.05) is 38.1 Å². The normalized spacial score (nSPS) is 10.4. The fraction of sp³-hybridized carbons (Fsp3) is 0.214. The van der Waals surface area contributed by atoms with E-state index in [1.54, 1.807) is 6.07 Å². The van der Waals surface area contributed by atoms with Crippen molar-refractivity contribution < 1.29 is 9.84 Å². The number of nitrogens with zero attached hydrogens (tertiary/aromatic N) is 1. The first kappa shape index (κ1) is 13.1. The number of aryl methyl sites for hydroxylation is 2. The van der Waals surface area contributed by atoms with Crippen molar-refractivity contribution in [1.29, 1.82) is 0 Å². The van der Waals surface area contributed by atoms with Crippen molar-refractivity contribution >= 4 is 15.9 Å². The number of ether oxygens (including phenoxy) is 1. The lowest BCUT2D eigenvalue weighted by atomic mass is 10.2. The van der Waals surface area contributed by atoms with Crippen LogP contribution in [0.15, 0.2) is 34.8 Å². The smallest absolute Gasteiger partial charge is 0.219 e. The molecule has 18 heavy (non-hydrogen) atoms. The first-order chi connectivity index (χ1) is 8.60. The molecule has 0 saturated carbocycles. The molecule has 94 valence electrons. The van der Waals surface area contributed by atoms with Crippen LogP contribution in [-0.4, -0.2) is 10.1 Å². The van der Waals surface area contributed by atoms with Crippen LogP contribution in [0, 0.1) is 13.8 Å². The van der Waals surface area contributed by atoms with Gasteiger partial charge in [-0.2, -0.15) is 0 Å². The average Bonchev–Trinajstić information content (AvgIpc) is 2.33. The van der Waals surface area contributed by atoms with E-state index in [0.29, 0.717) is 5.88 Å². The molecule has 2 rings (SSSR count). The van der Waals surface area contributed by atoms with Crippen LogP contribution in [-0.2, 0) is 6.61 Å². The van der Waals surface area contributed by atoms with Crippen LogP contribution in [0.5, 0.6) is 11.6 Å². The van der Waals surface area contributed by atoms with E-state index in [0.717, 1.165) is 27.0 Å². The highest BCUT2D eigenvalue weighted by Gasteiger charge is 2.05. The molecule has 0 aliphatic heterocycles. The number of halogens is 1. The number of hydrogen-bond donors (Lipinski definition) is 1. The summed E-state index contributed by atoms with van der Waals surface area (Å²) in [7, 11) is 0. The minimum absolute atomic E-state index is 0.00355. The first-order valence-corrected chi connectivity index (χ1v) is 6.41. The van der Waals surface area contributed by atoms with Crippen LogP contribution in [0.2, 0.25) is 0 Å². The molecule has 1 heterocycles. The van der Waals surface area contributed by atoms with Crippen LogP contribution in [0.1, 0.15) is 16.8 Å². The van der Waals surface area contributed by atoms with Crippen molar-refractivity contribution in [3.05, 3.63) is 51.6 Å². The maximum Gasteiger partial charge on any atom is 0.219 e. The Morgan fingerprint density at radius 1 is 1.22 bits per heavy atom. The molecular formula is C14H14BrNO2. The second-order valence-corrected chi connectivity index (χ2v) is 4.98. The van der Waals surface area contributed by atoms with Crippen molar-refractivity contribution in [1.82, 2.24) is 4.98 Å². The van der Waals surface area contributed by atoms with Gasteiger partial charge in [0.1, 0.15) is 5.75 Å². The fourth-order valence-corrected chi connectivity index (χ4v) is 2.11. The third kappa shape index (κ3) is 2.89. The maximum atomic E-state index is 9.09. The SMILES string of the molecule is Cc1cc(Br)ccc1Oc1ccc(CO)c(C)n1. The zero-order valence-corrected chi connectivity index (χ0v) is 11.9. The van der Waals surface area contributed by atoms with Gasteiger partial charge < -0.3 is 9.84 Å². The van der Waals surface area contributed by atoms with Gasteiger partial charge in [0, 0.05) is 16.2 Å². The van der Waals surface area contributed by atoms with E-state index in [2.05, 4.69) is 20.9 Å². The van der Waals surface area contributed by atoms with Crippen LogP contribution in [0.4, 0.5) is 0 Å². The number of aromatic nitrogens is 1. The second kappa shape index (κ2) is 5.50. The summed E-state index contributed by atoms with van der Waals surface area (Å²) in [6.45, 7) is 3.83. The van der Waals surface area contributed by atoms with Gasteiger partial charge >= 0.3 is 0 Å². The molecule has 0 bridgehead atoms. The molecule has 0 spiro atoms. The highest BCUT2D eigenvalue weighted by Crippen LogP contribution is 2.26. The van der Waals surface area contributed by atoms with Crippen molar-refractivity contribution in [3.63, 3.8) is 0 Å². The Balaban J connectivity index is 2.26. The molecular weight excluding hydrogens is 294 g/mol. The van der Waals surface area contributed by atoms with Gasteiger partial charge in [-0.25, -0.2) is 4.98 Å². The number of aliphatic hydroxyl groups excluding tert-OH is 1. The summed E-state index contributed by atoms with van der Waals surface area (Å²) in [4.78, 5) is 4.31. The molecule has 0 aliphatic rings. The highest BCUT2D eigenvalue weighted by atomic mass is 79.9. The Kier molecular flexibility index (Phi) is 3.99. The monoisotopic (exact) mass is 307 g/mol. The highest BCUT2D eigenvalue weighted by molar-refractivity contribution is 9.10. The van der Waals surface area contributed by atoms with E-state index < -0.39 is 0 Å². The number of benzene rings is 1. The molecule has 1 N–H and O–H groups in total. The van der Waals surface area contributed by atoms with Crippen LogP contribution >= 0.6 is 15.9 Å². The molecule has 0 unspecified atom stereocenters. The molecule has 2 aromatic rings. The standard InChI is InChI=1S/C14H14BrNO2/c1-9-7-12(15)4-5-13(9)18-14-6-3-11(8-17)10(2)16-14/h3-7,17H,8H2,1-2H3. The Morgan fingerprint density at radius 3 is 2.61 bits per heavy atom. The summed E-state index contributed by atoms with van der Waals surface area (Å²) in [6.07, 6.45) is 0. The van der Waals surface area contributed by atoms with Gasteiger partial charge in [0.05, 0.1) is 6.61 Å². The lowest BCUT2D eigenvalue weighted by Gasteiger charge is -2.09. The predicted octanol–water partition coefficient (Wildman–Crippen LogP) is 3.75. The average molecular weight is 308 g/mol. The van der Waals surface area contributed by atoms with Gasteiger partial charge in [-0.3, -0.25) is 0 Å². The van der Waals surface area contributed by atoms with Crippen LogP contribution < -0.4 is 4.74 Å². The van der Waals surface area contributed by atoms with Gasteiger partial charge in [-0.1, -0.05) is 15.9 Å². The largest absolute Gasteiger partial charge is 0.439 e. The second-order valence-electron chi connectivity index (χ2n) is 4.06. The Morgan fingerprint density at radius 2 is 2.00 bits per heavy atom. The van der Waals surface area contributed by atoms with Crippen molar-refractivity contribution in [2.24, 2.45) is 0 Å².